The van der Waals surface area contributed by atoms with Gasteiger partial charge in [0.2, 0.25) is 5.91 Å². The van der Waals surface area contributed by atoms with E-state index >= 15 is 0 Å². The van der Waals surface area contributed by atoms with Gasteiger partial charge in [-0.05, 0) is 31.0 Å². The molecule has 4 N–H and O–H groups in total. The molecular formula is C12H14N4O. The Labute approximate surface area is 99.6 Å². The summed E-state index contributed by atoms with van der Waals surface area (Å²) >= 11 is 0. The quantitative estimate of drug-likeness (QED) is 0.656. The third kappa shape index (κ3) is 2.48. The monoisotopic (exact) mass is 230 g/mol. The Balaban J connectivity index is 2.13. The van der Waals surface area contributed by atoms with Gasteiger partial charge in [-0.1, -0.05) is 0 Å². The topological polar surface area (TPSA) is 90.9 Å². The molecule has 2 rings (SSSR count). The zero-order valence-corrected chi connectivity index (χ0v) is 9.36. The minimum Gasteiger partial charge on any atom is -0.397 e. The molecule has 88 valence electrons. The average molecular weight is 230 g/mol. The van der Waals surface area contributed by atoms with Gasteiger partial charge in [0.1, 0.15) is 6.04 Å². The lowest BCUT2D eigenvalue weighted by Crippen LogP contribution is -2.44. The fourth-order valence-electron chi connectivity index (χ4n) is 1.86. The Morgan fingerprint density at radius 1 is 1.53 bits per heavy atom. The van der Waals surface area contributed by atoms with E-state index in [9.17, 15) is 4.79 Å². The highest BCUT2D eigenvalue weighted by atomic mass is 16.2. The van der Waals surface area contributed by atoms with E-state index in [4.69, 9.17) is 11.0 Å². The van der Waals surface area contributed by atoms with Crippen molar-refractivity contribution in [2.24, 2.45) is 0 Å². The van der Waals surface area contributed by atoms with Gasteiger partial charge in [-0.2, -0.15) is 5.26 Å². The highest BCUT2D eigenvalue weighted by Gasteiger charge is 2.21. The number of nitrogens with two attached hydrogens (primary N) is 1. The van der Waals surface area contributed by atoms with Crippen LogP contribution < -0.4 is 16.4 Å². The van der Waals surface area contributed by atoms with Crippen LogP contribution in [0.3, 0.4) is 0 Å². The first-order valence-electron chi connectivity index (χ1n) is 5.54. The summed E-state index contributed by atoms with van der Waals surface area (Å²) in [5, 5.41) is 14.6. The van der Waals surface area contributed by atoms with Crippen LogP contribution in [0.15, 0.2) is 18.2 Å². The van der Waals surface area contributed by atoms with Crippen LogP contribution in [0.4, 0.5) is 11.4 Å². The van der Waals surface area contributed by atoms with Crippen LogP contribution in [0.25, 0.3) is 0 Å². The Hall–Kier alpha value is -2.22. The summed E-state index contributed by atoms with van der Waals surface area (Å²) < 4.78 is 0. The van der Waals surface area contributed by atoms with Crippen LogP contribution in [0.5, 0.6) is 0 Å². The highest BCUT2D eigenvalue weighted by molar-refractivity contribution is 5.86. The van der Waals surface area contributed by atoms with Gasteiger partial charge in [-0.3, -0.25) is 4.79 Å². The molecule has 1 fully saturated rings. The van der Waals surface area contributed by atoms with E-state index in [0.717, 1.165) is 19.4 Å². The third-order valence-electron chi connectivity index (χ3n) is 2.80. The van der Waals surface area contributed by atoms with Gasteiger partial charge in [0.05, 0.1) is 23.0 Å². The predicted molar refractivity (Wildman–Crippen MR) is 65.2 cm³/mol. The Morgan fingerprint density at radius 3 is 3.00 bits per heavy atom. The number of hydrogen-bond acceptors (Lipinski definition) is 4. The van der Waals surface area contributed by atoms with Crippen LogP contribution in [0, 0.1) is 11.3 Å². The number of amides is 1. The van der Waals surface area contributed by atoms with Crippen LogP contribution >= 0.6 is 0 Å². The standard InChI is InChI=1S/C12H14N4O/c13-7-8-3-4-10(9(14)6-8)16-11-2-1-5-15-12(11)17/h3-4,6,11,16H,1-2,5,14H2,(H,15,17). The highest BCUT2D eigenvalue weighted by Crippen LogP contribution is 2.21. The van der Waals surface area contributed by atoms with Gasteiger partial charge in [0, 0.05) is 6.54 Å². The molecule has 0 radical (unpaired) electrons. The SMILES string of the molecule is N#Cc1ccc(NC2CCCNC2=O)c(N)c1. The Bertz CT molecular complexity index is 478. The minimum absolute atomic E-state index is 0.00000900. The maximum atomic E-state index is 11.6. The molecule has 0 bridgehead atoms. The van der Waals surface area contributed by atoms with Gasteiger partial charge in [-0.25, -0.2) is 0 Å². The van der Waals surface area contributed by atoms with Crippen molar-refractivity contribution in [3.63, 3.8) is 0 Å². The number of piperidine rings is 1. The molecular weight excluding hydrogens is 216 g/mol. The smallest absolute Gasteiger partial charge is 0.242 e. The second-order valence-corrected chi connectivity index (χ2v) is 4.04. The molecule has 0 spiro atoms. The number of carbonyl (C=O) groups excluding carboxylic acids is 1. The molecule has 1 atom stereocenters. The molecule has 5 nitrogen and oxygen atoms in total. The zero-order valence-electron chi connectivity index (χ0n) is 9.36. The van der Waals surface area contributed by atoms with Gasteiger partial charge in [-0.15, -0.1) is 0 Å². The fraction of sp³-hybridized carbons (Fsp3) is 0.333. The number of nitrogen functional groups attached to an aromatic ring is 1. The number of nitriles is 1. The first-order valence-corrected chi connectivity index (χ1v) is 5.54. The molecule has 1 aromatic rings. The van der Waals surface area contributed by atoms with Gasteiger partial charge < -0.3 is 16.4 Å². The molecule has 1 heterocycles. The largest absolute Gasteiger partial charge is 0.397 e. The van der Waals surface area contributed by atoms with Gasteiger partial charge >= 0.3 is 0 Å². The third-order valence-corrected chi connectivity index (χ3v) is 2.80. The van der Waals surface area contributed by atoms with Crippen molar-refractivity contribution < 1.29 is 4.79 Å². The summed E-state index contributed by atoms with van der Waals surface area (Å²) in [7, 11) is 0. The number of hydrogen-bond donors (Lipinski definition) is 3. The summed E-state index contributed by atoms with van der Waals surface area (Å²) in [6.07, 6.45) is 1.75. The van der Waals surface area contributed by atoms with E-state index in [1.54, 1.807) is 18.2 Å². The van der Waals surface area contributed by atoms with Crippen LogP contribution in [0.1, 0.15) is 18.4 Å². The molecule has 0 aliphatic carbocycles. The summed E-state index contributed by atoms with van der Waals surface area (Å²) in [5.41, 5.74) is 7.52. The number of carbonyl (C=O) groups is 1. The van der Waals surface area contributed by atoms with E-state index in [-0.39, 0.29) is 11.9 Å². The first-order chi connectivity index (χ1) is 8.20. The van der Waals surface area contributed by atoms with Gasteiger partial charge in [0.25, 0.3) is 0 Å². The van der Waals surface area contributed by atoms with E-state index in [1.807, 2.05) is 6.07 Å². The maximum Gasteiger partial charge on any atom is 0.242 e. The number of anilines is 2. The molecule has 1 amide bonds. The second-order valence-electron chi connectivity index (χ2n) is 4.04. The van der Waals surface area contributed by atoms with Crippen molar-refractivity contribution in [1.82, 2.24) is 5.32 Å². The molecule has 1 aliphatic heterocycles. The minimum atomic E-state index is -0.237. The fourth-order valence-corrected chi connectivity index (χ4v) is 1.86. The van der Waals surface area contributed by atoms with Crippen molar-refractivity contribution in [1.29, 1.82) is 5.26 Å². The van der Waals surface area contributed by atoms with E-state index < -0.39 is 0 Å². The number of benzene rings is 1. The summed E-state index contributed by atoms with van der Waals surface area (Å²) in [6, 6.07) is 6.80. The van der Waals surface area contributed by atoms with Crippen LogP contribution in [-0.4, -0.2) is 18.5 Å². The van der Waals surface area contributed by atoms with Crippen molar-refractivity contribution in [3.8, 4) is 6.07 Å². The molecule has 1 unspecified atom stereocenters. The lowest BCUT2D eigenvalue weighted by Gasteiger charge is -2.24. The molecule has 1 saturated heterocycles. The number of rotatable bonds is 2. The van der Waals surface area contributed by atoms with Crippen molar-refractivity contribution in [3.05, 3.63) is 23.8 Å². The number of nitrogens with one attached hydrogen (secondary N) is 2. The van der Waals surface area contributed by atoms with E-state index in [1.165, 1.54) is 0 Å². The van der Waals surface area contributed by atoms with Crippen LogP contribution in [-0.2, 0) is 4.79 Å². The molecule has 0 aromatic heterocycles. The number of nitrogens with zero attached hydrogens (tertiary/aromatic N) is 1. The Kier molecular flexibility index (Phi) is 3.15. The lowest BCUT2D eigenvalue weighted by atomic mass is 10.1. The van der Waals surface area contributed by atoms with Crippen molar-refractivity contribution in [2.45, 2.75) is 18.9 Å². The van der Waals surface area contributed by atoms with Crippen LogP contribution in [0.2, 0.25) is 0 Å². The van der Waals surface area contributed by atoms with Crippen molar-refractivity contribution in [2.75, 3.05) is 17.6 Å². The first kappa shape index (κ1) is 11.3. The average Bonchev–Trinajstić information content (AvgIpc) is 2.34. The molecule has 17 heavy (non-hydrogen) atoms. The molecule has 1 aliphatic rings. The summed E-state index contributed by atoms with van der Waals surface area (Å²) in [5.74, 6) is 0.00000900. The van der Waals surface area contributed by atoms with E-state index in [0.29, 0.717) is 16.9 Å². The summed E-state index contributed by atoms with van der Waals surface area (Å²) in [4.78, 5) is 11.6. The zero-order chi connectivity index (χ0) is 12.3. The van der Waals surface area contributed by atoms with E-state index in [2.05, 4.69) is 10.6 Å². The summed E-state index contributed by atoms with van der Waals surface area (Å²) in [6.45, 7) is 0.736. The predicted octanol–water partition coefficient (Wildman–Crippen LogP) is 0.831. The maximum absolute atomic E-state index is 11.6. The Morgan fingerprint density at radius 2 is 2.35 bits per heavy atom. The van der Waals surface area contributed by atoms with Gasteiger partial charge in [0.15, 0.2) is 0 Å². The molecule has 1 aromatic carbocycles. The molecule has 5 heteroatoms. The lowest BCUT2D eigenvalue weighted by molar-refractivity contribution is -0.123. The normalized spacial score (nSPS) is 19.2. The second kappa shape index (κ2) is 4.74. The molecule has 0 saturated carbocycles. The van der Waals surface area contributed by atoms with Crippen molar-refractivity contribution >= 4 is 17.3 Å².